The molecule has 0 saturated carbocycles. The van der Waals surface area contributed by atoms with Crippen LogP contribution in [-0.2, 0) is 23.1 Å². The Balaban J connectivity index is 1.47. The lowest BCUT2D eigenvalue weighted by molar-refractivity contribution is -0.121. The summed E-state index contributed by atoms with van der Waals surface area (Å²) in [7, 11) is 1.63. The van der Waals surface area contributed by atoms with Crippen LogP contribution in [0.3, 0.4) is 0 Å². The molecule has 6 heteroatoms. The standard InChI is InChI=1S/C28H31NO5/c1-17-20(10-11-26(30)29-13-12-18-6-8-19(32-5)9-7-18)27(31)34-25-15-24-22(14-21(17)25)23(16-33-24)28(2,3)4/h6-9,14-16H,10-13H2,1-5H3,(H,29,30). The van der Waals surface area contributed by atoms with Crippen molar-refractivity contribution in [1.29, 1.82) is 0 Å². The van der Waals surface area contributed by atoms with Gasteiger partial charge in [0.2, 0.25) is 5.91 Å². The summed E-state index contributed by atoms with van der Waals surface area (Å²) >= 11 is 0. The van der Waals surface area contributed by atoms with Gasteiger partial charge in [-0.15, -0.1) is 0 Å². The number of methoxy groups -OCH3 is 1. The van der Waals surface area contributed by atoms with Crippen LogP contribution in [0.5, 0.6) is 5.75 Å². The Morgan fingerprint density at radius 1 is 1.03 bits per heavy atom. The van der Waals surface area contributed by atoms with Gasteiger partial charge in [0.05, 0.1) is 13.4 Å². The van der Waals surface area contributed by atoms with Gasteiger partial charge >= 0.3 is 5.63 Å². The van der Waals surface area contributed by atoms with Gasteiger partial charge in [-0.05, 0) is 54.5 Å². The molecule has 2 aromatic carbocycles. The zero-order valence-electron chi connectivity index (χ0n) is 20.4. The first-order chi connectivity index (χ1) is 16.2. The Morgan fingerprint density at radius 2 is 1.76 bits per heavy atom. The molecule has 6 nitrogen and oxygen atoms in total. The second-order valence-electron chi connectivity index (χ2n) is 9.69. The maximum Gasteiger partial charge on any atom is 0.339 e. The molecule has 0 bridgehead atoms. The zero-order chi connectivity index (χ0) is 24.5. The van der Waals surface area contributed by atoms with Crippen LogP contribution in [-0.4, -0.2) is 19.6 Å². The monoisotopic (exact) mass is 461 g/mol. The second kappa shape index (κ2) is 9.37. The molecule has 1 N–H and O–H groups in total. The van der Waals surface area contributed by atoms with Crippen molar-refractivity contribution in [2.75, 3.05) is 13.7 Å². The van der Waals surface area contributed by atoms with Crippen LogP contribution in [0.1, 0.15) is 49.4 Å². The molecule has 178 valence electrons. The third kappa shape index (κ3) is 4.86. The Hall–Kier alpha value is -3.54. The van der Waals surface area contributed by atoms with E-state index >= 15 is 0 Å². The van der Waals surface area contributed by atoms with Gasteiger partial charge in [0.15, 0.2) is 0 Å². The number of furan rings is 1. The van der Waals surface area contributed by atoms with Crippen LogP contribution < -0.4 is 15.7 Å². The van der Waals surface area contributed by atoms with Crippen molar-refractivity contribution >= 4 is 27.8 Å². The summed E-state index contributed by atoms with van der Waals surface area (Å²) in [6.45, 7) is 8.86. The minimum absolute atomic E-state index is 0.0742. The summed E-state index contributed by atoms with van der Waals surface area (Å²) in [6, 6.07) is 11.6. The molecule has 0 saturated heterocycles. The predicted molar refractivity (Wildman–Crippen MR) is 134 cm³/mol. The first-order valence-corrected chi connectivity index (χ1v) is 11.5. The van der Waals surface area contributed by atoms with Crippen molar-refractivity contribution in [1.82, 2.24) is 5.32 Å². The maximum absolute atomic E-state index is 12.7. The molecule has 0 spiro atoms. The van der Waals surface area contributed by atoms with Gasteiger partial charge in [0.25, 0.3) is 0 Å². The molecule has 4 aromatic rings. The largest absolute Gasteiger partial charge is 0.497 e. The molecule has 0 aliphatic heterocycles. The van der Waals surface area contributed by atoms with E-state index in [1.165, 1.54) is 0 Å². The summed E-state index contributed by atoms with van der Waals surface area (Å²) in [5.41, 5.74) is 4.33. The van der Waals surface area contributed by atoms with Gasteiger partial charge < -0.3 is 18.9 Å². The van der Waals surface area contributed by atoms with E-state index in [0.717, 1.165) is 39.6 Å². The molecule has 2 heterocycles. The number of fused-ring (bicyclic) bond motifs is 2. The number of amides is 1. The molecule has 0 radical (unpaired) electrons. The van der Waals surface area contributed by atoms with E-state index in [2.05, 4.69) is 26.1 Å². The number of benzene rings is 2. The minimum atomic E-state index is -0.405. The number of ether oxygens (including phenoxy) is 1. The molecule has 0 unspecified atom stereocenters. The number of hydrogen-bond donors (Lipinski definition) is 1. The SMILES string of the molecule is COc1ccc(CCNC(=O)CCc2c(C)c3cc4c(C(C)(C)C)coc4cc3oc2=O)cc1. The number of aryl methyl sites for hydroxylation is 1. The number of rotatable bonds is 7. The maximum atomic E-state index is 12.7. The quantitative estimate of drug-likeness (QED) is 0.370. The summed E-state index contributed by atoms with van der Waals surface area (Å²) in [5.74, 6) is 0.716. The molecule has 0 aliphatic carbocycles. The first-order valence-electron chi connectivity index (χ1n) is 11.5. The Bertz CT molecular complexity index is 1390. The Labute approximate surface area is 198 Å². The predicted octanol–water partition coefficient (Wildman–Crippen LogP) is 5.45. The van der Waals surface area contributed by atoms with Crippen molar-refractivity contribution in [3.8, 4) is 5.75 Å². The average Bonchev–Trinajstić information content (AvgIpc) is 3.22. The third-order valence-electron chi connectivity index (χ3n) is 6.29. The molecule has 0 atom stereocenters. The highest BCUT2D eigenvalue weighted by molar-refractivity contribution is 5.96. The molecular formula is C28H31NO5. The highest BCUT2D eigenvalue weighted by Crippen LogP contribution is 2.35. The van der Waals surface area contributed by atoms with Gasteiger partial charge in [0.1, 0.15) is 16.9 Å². The van der Waals surface area contributed by atoms with Gasteiger partial charge in [-0.1, -0.05) is 32.9 Å². The van der Waals surface area contributed by atoms with E-state index in [0.29, 0.717) is 29.7 Å². The van der Waals surface area contributed by atoms with Crippen molar-refractivity contribution in [2.45, 2.75) is 52.4 Å². The van der Waals surface area contributed by atoms with E-state index < -0.39 is 5.63 Å². The minimum Gasteiger partial charge on any atom is -0.497 e. The van der Waals surface area contributed by atoms with E-state index in [9.17, 15) is 9.59 Å². The fourth-order valence-corrected chi connectivity index (χ4v) is 4.25. The summed E-state index contributed by atoms with van der Waals surface area (Å²) < 4.78 is 16.5. The fourth-order valence-electron chi connectivity index (χ4n) is 4.25. The lowest BCUT2D eigenvalue weighted by Crippen LogP contribution is -2.26. The average molecular weight is 462 g/mol. The number of hydrogen-bond acceptors (Lipinski definition) is 5. The molecular weight excluding hydrogens is 430 g/mol. The van der Waals surface area contributed by atoms with Crippen LogP contribution in [0.2, 0.25) is 0 Å². The summed E-state index contributed by atoms with van der Waals surface area (Å²) in [6.07, 6.45) is 3.05. The van der Waals surface area contributed by atoms with Crippen molar-refractivity contribution in [3.05, 3.63) is 75.3 Å². The zero-order valence-corrected chi connectivity index (χ0v) is 20.4. The first kappa shape index (κ1) is 23.6. The number of carbonyl (C=O) groups excluding carboxylic acids is 1. The third-order valence-corrected chi connectivity index (χ3v) is 6.29. The number of carbonyl (C=O) groups is 1. The van der Waals surface area contributed by atoms with Crippen molar-refractivity contribution < 1.29 is 18.4 Å². The van der Waals surface area contributed by atoms with Crippen LogP contribution in [0.15, 0.2) is 56.3 Å². The molecule has 1 amide bonds. The van der Waals surface area contributed by atoms with Gasteiger partial charge in [0, 0.05) is 40.9 Å². The lowest BCUT2D eigenvalue weighted by atomic mass is 9.86. The van der Waals surface area contributed by atoms with Crippen LogP contribution in [0, 0.1) is 6.92 Å². The molecule has 0 aliphatic rings. The molecule has 4 rings (SSSR count). The van der Waals surface area contributed by atoms with Crippen molar-refractivity contribution in [2.24, 2.45) is 0 Å². The van der Waals surface area contributed by atoms with Gasteiger partial charge in [-0.25, -0.2) is 4.79 Å². The normalized spacial score (nSPS) is 11.8. The second-order valence-corrected chi connectivity index (χ2v) is 9.69. The summed E-state index contributed by atoms with van der Waals surface area (Å²) in [4.78, 5) is 25.1. The van der Waals surface area contributed by atoms with Gasteiger partial charge in [-0.2, -0.15) is 0 Å². The highest BCUT2D eigenvalue weighted by Gasteiger charge is 2.21. The van der Waals surface area contributed by atoms with E-state index in [4.69, 9.17) is 13.6 Å². The molecule has 2 aromatic heterocycles. The smallest absolute Gasteiger partial charge is 0.339 e. The Morgan fingerprint density at radius 3 is 2.44 bits per heavy atom. The van der Waals surface area contributed by atoms with Crippen LogP contribution in [0.25, 0.3) is 21.9 Å². The summed E-state index contributed by atoms with van der Waals surface area (Å²) in [5, 5.41) is 4.82. The molecule has 34 heavy (non-hydrogen) atoms. The van der Waals surface area contributed by atoms with Gasteiger partial charge in [-0.3, -0.25) is 4.79 Å². The fraction of sp³-hybridized carbons (Fsp3) is 0.357. The van der Waals surface area contributed by atoms with E-state index in [1.807, 2.05) is 37.3 Å². The Kier molecular flexibility index (Phi) is 6.51. The van der Waals surface area contributed by atoms with E-state index in [-0.39, 0.29) is 17.7 Å². The lowest BCUT2D eigenvalue weighted by Gasteiger charge is -2.16. The number of nitrogens with one attached hydrogen (secondary N) is 1. The van der Waals surface area contributed by atoms with Crippen LogP contribution >= 0.6 is 0 Å². The molecule has 0 fully saturated rings. The van der Waals surface area contributed by atoms with Crippen molar-refractivity contribution in [3.63, 3.8) is 0 Å². The van der Waals surface area contributed by atoms with Crippen LogP contribution in [0.4, 0.5) is 0 Å². The highest BCUT2D eigenvalue weighted by atomic mass is 16.5. The van der Waals surface area contributed by atoms with E-state index in [1.54, 1.807) is 19.4 Å². The topological polar surface area (TPSA) is 81.7 Å².